The average Bonchev–Trinajstić information content (AvgIpc) is 3.33. The Morgan fingerprint density at radius 2 is 2.17 bits per heavy atom. The number of fused-ring (bicyclic) bond motifs is 1. The first kappa shape index (κ1) is 18.7. The second kappa shape index (κ2) is 7.38. The van der Waals surface area contributed by atoms with Gasteiger partial charge in [-0.25, -0.2) is 4.98 Å². The Morgan fingerprint density at radius 1 is 1.34 bits per heavy atom. The highest BCUT2D eigenvalue weighted by atomic mass is 16.6. The highest BCUT2D eigenvalue weighted by Gasteiger charge is 2.28. The molecule has 1 unspecified atom stereocenters. The van der Waals surface area contributed by atoms with Gasteiger partial charge < -0.3 is 14.6 Å². The van der Waals surface area contributed by atoms with Gasteiger partial charge in [0.15, 0.2) is 5.82 Å². The predicted molar refractivity (Wildman–Crippen MR) is 107 cm³/mol. The summed E-state index contributed by atoms with van der Waals surface area (Å²) in [4.78, 5) is 27.9. The number of hydrogen-bond acceptors (Lipinski definition) is 6. The average molecular weight is 392 g/mol. The van der Waals surface area contributed by atoms with Crippen LogP contribution in [0.25, 0.3) is 0 Å². The van der Waals surface area contributed by atoms with Gasteiger partial charge in [0.05, 0.1) is 18.1 Å². The van der Waals surface area contributed by atoms with Gasteiger partial charge in [0.1, 0.15) is 11.4 Å². The minimum absolute atomic E-state index is 0.0603. The molecule has 0 fully saturated rings. The molecule has 0 radical (unpaired) electrons. The smallest absolute Gasteiger partial charge is 0.293 e. The topological polar surface area (TPSA) is 99.3 Å². The summed E-state index contributed by atoms with van der Waals surface area (Å²) in [5, 5.41) is 15.0. The number of ether oxygens (including phenoxy) is 1. The molecule has 1 heterocycles. The van der Waals surface area contributed by atoms with Gasteiger partial charge in [-0.15, -0.1) is 0 Å². The van der Waals surface area contributed by atoms with Crippen molar-refractivity contribution >= 4 is 17.2 Å². The van der Waals surface area contributed by atoms with Crippen LogP contribution in [0.3, 0.4) is 0 Å². The van der Waals surface area contributed by atoms with Crippen LogP contribution >= 0.6 is 0 Å². The summed E-state index contributed by atoms with van der Waals surface area (Å²) in [6.07, 6.45) is 4.81. The lowest BCUT2D eigenvalue weighted by atomic mass is 10.1. The summed E-state index contributed by atoms with van der Waals surface area (Å²) < 4.78 is 7.01. The summed E-state index contributed by atoms with van der Waals surface area (Å²) in [5.74, 6) is 0.706. The highest BCUT2D eigenvalue weighted by molar-refractivity contribution is 6.07. The van der Waals surface area contributed by atoms with Gasteiger partial charge in [0.2, 0.25) is 5.78 Å². The number of anilines is 1. The van der Waals surface area contributed by atoms with Crippen LogP contribution < -0.4 is 10.1 Å². The number of nitrogens with zero attached hydrogens (tertiary/aromatic N) is 3. The molecule has 0 saturated heterocycles. The van der Waals surface area contributed by atoms with Crippen molar-refractivity contribution in [2.24, 2.45) is 7.05 Å². The molecule has 8 nitrogen and oxygen atoms in total. The molecule has 0 amide bonds. The maximum atomic E-state index is 12.7. The van der Waals surface area contributed by atoms with Crippen LogP contribution in [0.5, 0.6) is 5.75 Å². The molecule has 29 heavy (non-hydrogen) atoms. The molecule has 148 valence electrons. The van der Waals surface area contributed by atoms with Crippen LogP contribution in [0.15, 0.2) is 48.8 Å². The van der Waals surface area contributed by atoms with Gasteiger partial charge >= 0.3 is 0 Å². The van der Waals surface area contributed by atoms with E-state index in [0.717, 1.165) is 29.7 Å². The molecule has 2 aromatic carbocycles. The summed E-state index contributed by atoms with van der Waals surface area (Å²) in [6, 6.07) is 10.3. The minimum Gasteiger partial charge on any atom is -0.496 e. The highest BCUT2D eigenvalue weighted by Crippen LogP contribution is 2.40. The second-order valence-corrected chi connectivity index (χ2v) is 6.94. The number of nitro groups is 1. The molecule has 1 aliphatic rings. The van der Waals surface area contributed by atoms with E-state index in [-0.39, 0.29) is 28.9 Å². The summed E-state index contributed by atoms with van der Waals surface area (Å²) in [7, 11) is 3.34. The fraction of sp³-hybridized carbons (Fsp3) is 0.238. The Morgan fingerprint density at radius 3 is 2.86 bits per heavy atom. The third-order valence-corrected chi connectivity index (χ3v) is 5.26. The first-order valence-electron chi connectivity index (χ1n) is 9.22. The van der Waals surface area contributed by atoms with Crippen LogP contribution in [0.2, 0.25) is 0 Å². The van der Waals surface area contributed by atoms with Crippen LogP contribution in [0.4, 0.5) is 11.4 Å². The molecule has 0 saturated carbocycles. The Balaban J connectivity index is 1.65. The molecule has 1 N–H and O–H groups in total. The van der Waals surface area contributed by atoms with Crippen LogP contribution in [-0.2, 0) is 13.5 Å². The van der Waals surface area contributed by atoms with Crippen molar-refractivity contribution in [3.05, 3.63) is 81.4 Å². The van der Waals surface area contributed by atoms with Crippen molar-refractivity contribution in [3.63, 3.8) is 0 Å². The lowest BCUT2D eigenvalue weighted by Crippen LogP contribution is -2.12. The molecule has 0 spiro atoms. The number of ketones is 1. The van der Waals surface area contributed by atoms with Crippen LogP contribution in [0.1, 0.15) is 39.8 Å². The van der Waals surface area contributed by atoms with E-state index in [9.17, 15) is 14.9 Å². The zero-order valence-electron chi connectivity index (χ0n) is 16.1. The standard InChI is InChI=1S/C21H20N4O4/c1-24-11-10-22-21(24)20(26)13-6-8-17(18(12-13)25(27)28)23-16-9-7-15-14(16)4-3-5-19(15)29-2/h3-6,8,10-12,16,23H,7,9H2,1-2H3. The second-order valence-electron chi connectivity index (χ2n) is 6.94. The molecule has 1 aliphatic carbocycles. The van der Waals surface area contributed by atoms with Gasteiger partial charge in [-0.1, -0.05) is 12.1 Å². The SMILES string of the molecule is COc1cccc2c1CCC2Nc1ccc(C(=O)c2nccn2C)cc1[N+](=O)[O-]. The van der Waals surface area contributed by atoms with E-state index < -0.39 is 4.92 Å². The van der Waals surface area contributed by atoms with Gasteiger partial charge in [0.25, 0.3) is 5.69 Å². The van der Waals surface area contributed by atoms with E-state index in [1.54, 1.807) is 37.1 Å². The Labute approximate surface area is 167 Å². The van der Waals surface area contributed by atoms with Crippen molar-refractivity contribution in [2.75, 3.05) is 12.4 Å². The first-order chi connectivity index (χ1) is 14.0. The minimum atomic E-state index is -0.473. The molecule has 1 aromatic heterocycles. The number of nitrogens with one attached hydrogen (secondary N) is 1. The van der Waals surface area contributed by atoms with Crippen molar-refractivity contribution in [1.29, 1.82) is 0 Å². The van der Waals surface area contributed by atoms with Crippen molar-refractivity contribution in [1.82, 2.24) is 9.55 Å². The van der Waals surface area contributed by atoms with Gasteiger partial charge in [-0.3, -0.25) is 14.9 Å². The van der Waals surface area contributed by atoms with Gasteiger partial charge in [0, 0.05) is 31.1 Å². The molecule has 3 aromatic rings. The Bertz CT molecular complexity index is 1110. The fourth-order valence-electron chi connectivity index (χ4n) is 3.81. The van der Waals surface area contributed by atoms with Crippen molar-refractivity contribution in [3.8, 4) is 5.75 Å². The van der Waals surface area contributed by atoms with E-state index >= 15 is 0 Å². The van der Waals surface area contributed by atoms with Crippen LogP contribution in [0, 0.1) is 10.1 Å². The third kappa shape index (κ3) is 3.33. The Kier molecular flexibility index (Phi) is 4.75. The van der Waals surface area contributed by atoms with Crippen molar-refractivity contribution < 1.29 is 14.5 Å². The van der Waals surface area contributed by atoms with Gasteiger partial charge in [-0.05, 0) is 42.2 Å². The van der Waals surface area contributed by atoms with Gasteiger partial charge in [-0.2, -0.15) is 0 Å². The molecule has 1 atom stereocenters. The first-order valence-corrected chi connectivity index (χ1v) is 9.22. The number of methoxy groups -OCH3 is 1. The molecular formula is C21H20N4O4. The maximum absolute atomic E-state index is 12.7. The number of imidazole rings is 1. The normalized spacial score (nSPS) is 15.0. The zero-order chi connectivity index (χ0) is 20.5. The Hall–Kier alpha value is -3.68. The maximum Gasteiger partial charge on any atom is 0.293 e. The fourth-order valence-corrected chi connectivity index (χ4v) is 3.81. The number of hydrogen-bond donors (Lipinski definition) is 1. The lowest BCUT2D eigenvalue weighted by Gasteiger charge is -2.16. The van der Waals surface area contributed by atoms with Crippen molar-refractivity contribution in [2.45, 2.75) is 18.9 Å². The number of carbonyl (C=O) groups is 1. The number of benzene rings is 2. The number of carbonyl (C=O) groups excluding carboxylic acids is 1. The zero-order valence-corrected chi connectivity index (χ0v) is 16.1. The quantitative estimate of drug-likeness (QED) is 0.390. The molecule has 4 rings (SSSR count). The summed E-state index contributed by atoms with van der Waals surface area (Å²) in [6.45, 7) is 0. The largest absolute Gasteiger partial charge is 0.496 e. The van der Waals surface area contributed by atoms with E-state index in [2.05, 4.69) is 10.3 Å². The summed E-state index contributed by atoms with van der Waals surface area (Å²) >= 11 is 0. The lowest BCUT2D eigenvalue weighted by molar-refractivity contribution is -0.384. The van der Waals surface area contributed by atoms with E-state index in [1.165, 1.54) is 12.3 Å². The monoisotopic (exact) mass is 392 g/mol. The molecule has 0 aliphatic heterocycles. The summed E-state index contributed by atoms with van der Waals surface area (Å²) in [5.41, 5.74) is 2.67. The predicted octanol–water partition coefficient (Wildman–Crippen LogP) is 3.67. The number of aromatic nitrogens is 2. The number of rotatable bonds is 6. The number of nitro benzene ring substituents is 1. The van der Waals surface area contributed by atoms with Crippen LogP contribution in [-0.4, -0.2) is 27.4 Å². The number of aryl methyl sites for hydroxylation is 1. The molecular weight excluding hydrogens is 372 g/mol. The van der Waals surface area contributed by atoms with E-state index in [4.69, 9.17) is 4.74 Å². The van der Waals surface area contributed by atoms with E-state index in [0.29, 0.717) is 5.69 Å². The van der Waals surface area contributed by atoms with E-state index in [1.807, 2.05) is 18.2 Å². The molecule has 0 bridgehead atoms. The molecule has 8 heteroatoms. The third-order valence-electron chi connectivity index (χ3n) is 5.26.